The van der Waals surface area contributed by atoms with Crippen LogP contribution in [-0.4, -0.2) is 38.0 Å². The number of hydrogen-bond donors (Lipinski definition) is 2. The van der Waals surface area contributed by atoms with E-state index in [4.69, 9.17) is 0 Å². The second-order valence-corrected chi connectivity index (χ2v) is 7.72. The normalized spacial score (nSPS) is 27.9. The minimum absolute atomic E-state index is 0.219. The number of sulfone groups is 1. The van der Waals surface area contributed by atoms with Crippen LogP contribution in [0.15, 0.2) is 0 Å². The van der Waals surface area contributed by atoms with Gasteiger partial charge >= 0.3 is 6.03 Å². The van der Waals surface area contributed by atoms with Crippen molar-refractivity contribution in [2.75, 3.05) is 12.3 Å². The van der Waals surface area contributed by atoms with Crippen LogP contribution in [0.4, 0.5) is 4.79 Å². The van der Waals surface area contributed by atoms with Crippen molar-refractivity contribution in [3.63, 3.8) is 0 Å². The molecule has 0 aromatic rings. The zero-order valence-corrected chi connectivity index (χ0v) is 11.5. The highest BCUT2D eigenvalue weighted by atomic mass is 32.2. The van der Waals surface area contributed by atoms with E-state index in [0.29, 0.717) is 6.42 Å². The average Bonchev–Trinajstić information content (AvgIpc) is 2.67. The van der Waals surface area contributed by atoms with Crippen molar-refractivity contribution in [2.24, 2.45) is 0 Å². The lowest BCUT2D eigenvalue weighted by Gasteiger charge is -2.23. The van der Waals surface area contributed by atoms with Crippen molar-refractivity contribution in [1.82, 2.24) is 10.6 Å². The van der Waals surface area contributed by atoms with Crippen LogP contribution >= 0.6 is 0 Å². The van der Waals surface area contributed by atoms with Crippen LogP contribution in [0.2, 0.25) is 0 Å². The Morgan fingerprint density at radius 2 is 1.78 bits per heavy atom. The smallest absolute Gasteiger partial charge is 0.315 e. The molecule has 2 fully saturated rings. The van der Waals surface area contributed by atoms with Crippen molar-refractivity contribution >= 4 is 15.9 Å². The second-order valence-electron chi connectivity index (χ2n) is 5.32. The first kappa shape index (κ1) is 13.6. The number of amides is 2. The molecule has 1 atom stereocenters. The predicted octanol–water partition coefficient (Wildman–Crippen LogP) is 1.20. The fraction of sp³-hybridized carbons (Fsp3) is 0.917. The highest BCUT2D eigenvalue weighted by molar-refractivity contribution is 7.92. The molecule has 2 amide bonds. The minimum atomic E-state index is -2.96. The molecule has 0 radical (unpaired) electrons. The van der Waals surface area contributed by atoms with Gasteiger partial charge in [-0.25, -0.2) is 13.2 Å². The van der Waals surface area contributed by atoms with Gasteiger partial charge in [0, 0.05) is 12.6 Å². The van der Waals surface area contributed by atoms with E-state index in [0.717, 1.165) is 19.3 Å². The van der Waals surface area contributed by atoms with Crippen LogP contribution in [-0.2, 0) is 9.84 Å². The summed E-state index contributed by atoms with van der Waals surface area (Å²) in [5.74, 6) is 0.267. The monoisotopic (exact) mass is 274 g/mol. The number of carbonyl (C=O) groups excluding carboxylic acids is 1. The molecule has 0 aromatic heterocycles. The van der Waals surface area contributed by atoms with E-state index < -0.39 is 9.84 Å². The summed E-state index contributed by atoms with van der Waals surface area (Å²) in [7, 11) is -2.96. The largest absolute Gasteiger partial charge is 0.337 e. The Bertz CT molecular complexity index is 388. The average molecular weight is 274 g/mol. The molecular weight excluding hydrogens is 252 g/mol. The maximum atomic E-state index is 11.7. The number of urea groups is 1. The summed E-state index contributed by atoms with van der Waals surface area (Å²) in [6, 6.07) is 0.0444. The summed E-state index contributed by atoms with van der Waals surface area (Å²) in [4.78, 5) is 11.7. The maximum absolute atomic E-state index is 11.7. The second kappa shape index (κ2) is 5.91. The lowest BCUT2D eigenvalue weighted by Crippen LogP contribution is -2.45. The van der Waals surface area contributed by atoms with Gasteiger partial charge in [-0.15, -0.1) is 0 Å². The standard InChI is InChI=1S/C12H22N2O3S/c15-12(14-10-5-2-1-3-6-10)13-9-11-7-4-8-18(11,16)17/h10-11H,1-9H2,(H2,13,14,15). The zero-order chi connectivity index (χ0) is 13.0. The Morgan fingerprint density at radius 3 is 2.39 bits per heavy atom. The SMILES string of the molecule is O=C(NCC1CCCS1(=O)=O)NC1CCCCC1. The Hall–Kier alpha value is -0.780. The van der Waals surface area contributed by atoms with Gasteiger partial charge in [0.1, 0.15) is 0 Å². The first-order valence-electron chi connectivity index (χ1n) is 6.84. The quantitative estimate of drug-likeness (QED) is 0.812. The lowest BCUT2D eigenvalue weighted by molar-refractivity contribution is 0.232. The Morgan fingerprint density at radius 1 is 1.06 bits per heavy atom. The van der Waals surface area contributed by atoms with Crippen LogP contribution in [0.3, 0.4) is 0 Å². The third kappa shape index (κ3) is 3.60. The number of hydrogen-bond acceptors (Lipinski definition) is 3. The summed E-state index contributed by atoms with van der Waals surface area (Å²) in [6.45, 7) is 0.251. The van der Waals surface area contributed by atoms with Crippen molar-refractivity contribution in [3.8, 4) is 0 Å². The summed E-state index contributed by atoms with van der Waals surface area (Å²) >= 11 is 0. The van der Waals surface area contributed by atoms with Gasteiger partial charge in [0.15, 0.2) is 9.84 Å². The van der Waals surface area contributed by atoms with Crippen LogP contribution in [0.25, 0.3) is 0 Å². The molecule has 1 aliphatic heterocycles. The maximum Gasteiger partial charge on any atom is 0.315 e. The van der Waals surface area contributed by atoms with Crippen molar-refractivity contribution in [3.05, 3.63) is 0 Å². The number of carbonyl (C=O) groups is 1. The molecule has 1 unspecified atom stereocenters. The molecule has 6 heteroatoms. The Kier molecular flexibility index (Phi) is 4.48. The van der Waals surface area contributed by atoms with E-state index in [2.05, 4.69) is 10.6 Å². The van der Waals surface area contributed by atoms with Gasteiger partial charge in [0.25, 0.3) is 0 Å². The van der Waals surface area contributed by atoms with Gasteiger partial charge in [-0.1, -0.05) is 19.3 Å². The molecule has 1 saturated heterocycles. The third-order valence-corrected chi connectivity index (χ3v) is 6.17. The summed E-state index contributed by atoms with van der Waals surface area (Å²) < 4.78 is 23.2. The van der Waals surface area contributed by atoms with Crippen molar-refractivity contribution in [2.45, 2.75) is 56.2 Å². The molecule has 0 aromatic carbocycles. The van der Waals surface area contributed by atoms with Crippen LogP contribution in [0.5, 0.6) is 0 Å². The lowest BCUT2D eigenvalue weighted by atomic mass is 9.96. The van der Waals surface area contributed by atoms with Gasteiger partial charge in [-0.05, 0) is 25.7 Å². The Balaban J connectivity index is 1.71. The fourth-order valence-electron chi connectivity index (χ4n) is 2.78. The first-order chi connectivity index (χ1) is 8.58. The number of nitrogens with one attached hydrogen (secondary N) is 2. The molecule has 0 spiro atoms. The molecule has 5 nitrogen and oxygen atoms in total. The van der Waals surface area contributed by atoms with E-state index in [-0.39, 0.29) is 29.6 Å². The van der Waals surface area contributed by atoms with Gasteiger partial charge in [-0.3, -0.25) is 0 Å². The van der Waals surface area contributed by atoms with E-state index in [1.807, 2.05) is 0 Å². The third-order valence-electron chi connectivity index (χ3n) is 3.89. The van der Waals surface area contributed by atoms with Gasteiger partial charge in [0.2, 0.25) is 0 Å². The van der Waals surface area contributed by atoms with Gasteiger partial charge in [0.05, 0.1) is 11.0 Å². The molecule has 2 aliphatic rings. The van der Waals surface area contributed by atoms with Crippen LogP contribution in [0, 0.1) is 0 Å². The van der Waals surface area contributed by atoms with E-state index >= 15 is 0 Å². The highest BCUT2D eigenvalue weighted by Gasteiger charge is 2.31. The van der Waals surface area contributed by atoms with Crippen LogP contribution < -0.4 is 10.6 Å². The summed E-state index contributed by atoms with van der Waals surface area (Å²) in [6.07, 6.45) is 7.05. The topological polar surface area (TPSA) is 75.3 Å². The van der Waals surface area contributed by atoms with Gasteiger partial charge < -0.3 is 10.6 Å². The Labute approximate surface area is 109 Å². The molecule has 1 heterocycles. The molecule has 1 aliphatic carbocycles. The first-order valence-corrected chi connectivity index (χ1v) is 8.55. The van der Waals surface area contributed by atoms with E-state index in [1.165, 1.54) is 19.3 Å². The minimum Gasteiger partial charge on any atom is -0.337 e. The highest BCUT2D eigenvalue weighted by Crippen LogP contribution is 2.19. The van der Waals surface area contributed by atoms with Crippen molar-refractivity contribution in [1.29, 1.82) is 0 Å². The van der Waals surface area contributed by atoms with E-state index in [9.17, 15) is 13.2 Å². The molecule has 18 heavy (non-hydrogen) atoms. The molecular formula is C12H22N2O3S. The molecule has 104 valence electrons. The fourth-order valence-corrected chi connectivity index (χ4v) is 4.54. The zero-order valence-electron chi connectivity index (χ0n) is 10.7. The molecule has 0 bridgehead atoms. The van der Waals surface area contributed by atoms with Crippen molar-refractivity contribution < 1.29 is 13.2 Å². The molecule has 2 N–H and O–H groups in total. The summed E-state index contributed by atoms with van der Waals surface area (Å²) in [5, 5.41) is 5.24. The number of rotatable bonds is 3. The van der Waals surface area contributed by atoms with Crippen LogP contribution in [0.1, 0.15) is 44.9 Å². The van der Waals surface area contributed by atoms with E-state index in [1.54, 1.807) is 0 Å². The predicted molar refractivity (Wildman–Crippen MR) is 70.2 cm³/mol. The molecule has 2 rings (SSSR count). The van der Waals surface area contributed by atoms with Gasteiger partial charge in [-0.2, -0.15) is 0 Å². The summed E-state index contributed by atoms with van der Waals surface area (Å²) in [5.41, 5.74) is 0. The molecule has 1 saturated carbocycles.